The lowest BCUT2D eigenvalue weighted by molar-refractivity contribution is 0.0691. The number of ether oxygens (including phenoxy) is 1. The van der Waals surface area contributed by atoms with Crippen LogP contribution in [0, 0.1) is 0 Å². The number of aromatic carboxylic acids is 1. The van der Waals surface area contributed by atoms with Gasteiger partial charge in [0.25, 0.3) is 0 Å². The molecule has 1 aliphatic rings. The van der Waals surface area contributed by atoms with Gasteiger partial charge in [0.1, 0.15) is 5.82 Å². The van der Waals surface area contributed by atoms with E-state index < -0.39 is 5.97 Å². The summed E-state index contributed by atoms with van der Waals surface area (Å²) in [4.78, 5) is 15.4. The zero-order valence-corrected chi connectivity index (χ0v) is 11.2. The van der Waals surface area contributed by atoms with Gasteiger partial charge in [-0.05, 0) is 24.8 Å². The third-order valence-electron chi connectivity index (χ3n) is 3.66. The minimum Gasteiger partial charge on any atom is -0.477 e. The highest BCUT2D eigenvalue weighted by Gasteiger charge is 2.25. The number of carboxylic acids is 1. The smallest absolute Gasteiger partial charge is 0.354 e. The SMILES string of the molecule is CC1OCCC1Nc1nc(C(=O)O)cc2ccccc12. The van der Waals surface area contributed by atoms with Gasteiger partial charge in [0, 0.05) is 12.0 Å². The maximum Gasteiger partial charge on any atom is 0.354 e. The van der Waals surface area contributed by atoms with E-state index >= 15 is 0 Å². The average Bonchev–Trinajstić information content (AvgIpc) is 2.84. The topological polar surface area (TPSA) is 71.5 Å². The molecular weight excluding hydrogens is 256 g/mol. The molecule has 104 valence electrons. The van der Waals surface area contributed by atoms with Gasteiger partial charge in [0.15, 0.2) is 5.69 Å². The van der Waals surface area contributed by atoms with Crippen molar-refractivity contribution in [3.8, 4) is 0 Å². The van der Waals surface area contributed by atoms with Crippen LogP contribution in [-0.4, -0.2) is 34.8 Å². The van der Waals surface area contributed by atoms with Gasteiger partial charge in [-0.2, -0.15) is 0 Å². The number of hydrogen-bond acceptors (Lipinski definition) is 4. The zero-order chi connectivity index (χ0) is 14.1. The highest BCUT2D eigenvalue weighted by atomic mass is 16.5. The summed E-state index contributed by atoms with van der Waals surface area (Å²) in [6.45, 7) is 2.73. The first-order valence-electron chi connectivity index (χ1n) is 6.66. The minimum absolute atomic E-state index is 0.0535. The fraction of sp³-hybridized carbons (Fsp3) is 0.333. The largest absolute Gasteiger partial charge is 0.477 e. The van der Waals surface area contributed by atoms with E-state index in [0.717, 1.165) is 23.8 Å². The van der Waals surface area contributed by atoms with Crippen LogP contribution >= 0.6 is 0 Å². The minimum atomic E-state index is -1.02. The Kier molecular flexibility index (Phi) is 3.28. The lowest BCUT2D eigenvalue weighted by Gasteiger charge is -2.18. The van der Waals surface area contributed by atoms with Gasteiger partial charge in [0.05, 0.1) is 12.1 Å². The number of carboxylic acid groups (broad SMARTS) is 1. The number of nitrogens with zero attached hydrogens (tertiary/aromatic N) is 1. The second-order valence-electron chi connectivity index (χ2n) is 5.00. The number of fused-ring (bicyclic) bond motifs is 1. The van der Waals surface area contributed by atoms with E-state index in [1.54, 1.807) is 6.07 Å². The highest BCUT2D eigenvalue weighted by Crippen LogP contribution is 2.25. The predicted molar refractivity (Wildman–Crippen MR) is 76.1 cm³/mol. The fourth-order valence-corrected chi connectivity index (χ4v) is 2.52. The van der Waals surface area contributed by atoms with Crippen molar-refractivity contribution >= 4 is 22.6 Å². The van der Waals surface area contributed by atoms with Crippen LogP contribution < -0.4 is 5.32 Å². The van der Waals surface area contributed by atoms with Gasteiger partial charge >= 0.3 is 5.97 Å². The molecule has 5 heteroatoms. The van der Waals surface area contributed by atoms with Crippen molar-refractivity contribution in [3.63, 3.8) is 0 Å². The monoisotopic (exact) mass is 272 g/mol. The summed E-state index contributed by atoms with van der Waals surface area (Å²) in [6.07, 6.45) is 0.998. The van der Waals surface area contributed by atoms with E-state index in [4.69, 9.17) is 9.84 Å². The number of rotatable bonds is 3. The van der Waals surface area contributed by atoms with Crippen LogP contribution in [0.2, 0.25) is 0 Å². The third kappa shape index (κ3) is 2.32. The second-order valence-corrected chi connectivity index (χ2v) is 5.00. The maximum absolute atomic E-state index is 11.2. The van der Waals surface area contributed by atoms with Gasteiger partial charge in [-0.25, -0.2) is 9.78 Å². The van der Waals surface area contributed by atoms with E-state index in [9.17, 15) is 4.79 Å². The molecule has 2 heterocycles. The first-order valence-corrected chi connectivity index (χ1v) is 6.66. The molecule has 1 aromatic carbocycles. The Balaban J connectivity index is 2.05. The number of benzene rings is 1. The molecule has 0 saturated carbocycles. The highest BCUT2D eigenvalue weighted by molar-refractivity contribution is 5.97. The molecule has 0 amide bonds. The molecule has 1 aliphatic heterocycles. The van der Waals surface area contributed by atoms with Crippen LogP contribution in [0.5, 0.6) is 0 Å². The van der Waals surface area contributed by atoms with E-state index in [1.807, 2.05) is 31.2 Å². The van der Waals surface area contributed by atoms with Crippen LogP contribution in [-0.2, 0) is 4.74 Å². The van der Waals surface area contributed by atoms with Crippen LogP contribution in [0.3, 0.4) is 0 Å². The third-order valence-corrected chi connectivity index (χ3v) is 3.66. The van der Waals surface area contributed by atoms with Crippen molar-refractivity contribution in [2.45, 2.75) is 25.5 Å². The number of nitrogens with one attached hydrogen (secondary N) is 1. The van der Waals surface area contributed by atoms with Crippen LogP contribution in [0.15, 0.2) is 30.3 Å². The van der Waals surface area contributed by atoms with Gasteiger partial charge in [-0.1, -0.05) is 24.3 Å². The Hall–Kier alpha value is -2.14. The average molecular weight is 272 g/mol. The standard InChI is InChI=1S/C15H16N2O3/c1-9-12(6-7-20-9)16-14-11-5-3-2-4-10(11)8-13(17-14)15(18)19/h2-5,8-9,12H,6-7H2,1H3,(H,16,17)(H,18,19). The summed E-state index contributed by atoms with van der Waals surface area (Å²) in [7, 11) is 0. The molecule has 0 aliphatic carbocycles. The summed E-state index contributed by atoms with van der Waals surface area (Å²) in [6, 6.07) is 9.40. The van der Waals surface area contributed by atoms with Crippen molar-refractivity contribution in [2.24, 2.45) is 0 Å². The van der Waals surface area contributed by atoms with E-state index in [-0.39, 0.29) is 17.8 Å². The van der Waals surface area contributed by atoms with Crippen molar-refractivity contribution < 1.29 is 14.6 Å². The number of hydrogen-bond donors (Lipinski definition) is 2. The number of anilines is 1. The molecule has 0 radical (unpaired) electrons. The molecule has 5 nitrogen and oxygen atoms in total. The molecule has 20 heavy (non-hydrogen) atoms. The van der Waals surface area contributed by atoms with Crippen molar-refractivity contribution in [1.29, 1.82) is 0 Å². The molecule has 2 atom stereocenters. The maximum atomic E-state index is 11.2. The van der Waals surface area contributed by atoms with Gasteiger partial charge in [-0.15, -0.1) is 0 Å². The Morgan fingerprint density at radius 3 is 2.95 bits per heavy atom. The molecule has 1 aromatic heterocycles. The molecule has 1 saturated heterocycles. The molecule has 0 bridgehead atoms. The van der Waals surface area contributed by atoms with Gasteiger partial charge in [-0.3, -0.25) is 0 Å². The van der Waals surface area contributed by atoms with E-state index in [2.05, 4.69) is 10.3 Å². The predicted octanol–water partition coefficient (Wildman–Crippen LogP) is 2.52. The normalized spacial score (nSPS) is 22.1. The summed E-state index contributed by atoms with van der Waals surface area (Å²) >= 11 is 0. The van der Waals surface area contributed by atoms with Crippen molar-refractivity contribution in [1.82, 2.24) is 4.98 Å². The molecule has 0 spiro atoms. The Labute approximate surface area is 116 Å². The quantitative estimate of drug-likeness (QED) is 0.898. The molecular formula is C15H16N2O3. The van der Waals surface area contributed by atoms with E-state index in [0.29, 0.717) is 5.82 Å². The molecule has 1 fully saturated rings. The first-order chi connectivity index (χ1) is 9.65. The molecule has 2 N–H and O–H groups in total. The van der Waals surface area contributed by atoms with Crippen LogP contribution in [0.25, 0.3) is 10.8 Å². The molecule has 2 aromatic rings. The van der Waals surface area contributed by atoms with Crippen molar-refractivity contribution in [3.05, 3.63) is 36.0 Å². The van der Waals surface area contributed by atoms with E-state index in [1.165, 1.54) is 0 Å². The summed E-state index contributed by atoms with van der Waals surface area (Å²) in [5.41, 5.74) is 0.0535. The lowest BCUT2D eigenvalue weighted by atomic mass is 10.1. The number of pyridine rings is 1. The first kappa shape index (κ1) is 12.9. The zero-order valence-electron chi connectivity index (χ0n) is 11.2. The molecule has 3 rings (SSSR count). The van der Waals surface area contributed by atoms with Crippen molar-refractivity contribution in [2.75, 3.05) is 11.9 Å². The summed E-state index contributed by atoms with van der Waals surface area (Å²) in [5, 5.41) is 14.3. The van der Waals surface area contributed by atoms with Gasteiger partial charge < -0.3 is 15.2 Å². The second kappa shape index (κ2) is 5.09. The summed E-state index contributed by atoms with van der Waals surface area (Å²) in [5.74, 6) is -0.405. The summed E-state index contributed by atoms with van der Waals surface area (Å²) < 4.78 is 5.52. The van der Waals surface area contributed by atoms with Crippen LogP contribution in [0.1, 0.15) is 23.8 Å². The lowest BCUT2D eigenvalue weighted by Crippen LogP contribution is -2.27. The Morgan fingerprint density at radius 1 is 1.45 bits per heavy atom. The number of carbonyl (C=O) groups is 1. The Bertz CT molecular complexity index is 657. The van der Waals surface area contributed by atoms with Crippen LogP contribution in [0.4, 0.5) is 5.82 Å². The van der Waals surface area contributed by atoms with Gasteiger partial charge in [0.2, 0.25) is 0 Å². The number of aromatic nitrogens is 1. The Morgan fingerprint density at radius 2 is 2.25 bits per heavy atom. The molecule has 2 unspecified atom stereocenters. The fourth-order valence-electron chi connectivity index (χ4n) is 2.52.